The summed E-state index contributed by atoms with van der Waals surface area (Å²) in [5.41, 5.74) is 0. The largest absolute Gasteiger partial charge is 2.00 e. The third-order valence-corrected chi connectivity index (χ3v) is 0. The van der Waals surface area contributed by atoms with Gasteiger partial charge in [-0.05, 0) is 13.8 Å². The Morgan fingerprint density at radius 2 is 0.769 bits per heavy atom. The van der Waals surface area contributed by atoms with Gasteiger partial charge in [-0.3, -0.25) is 0 Å². The molecule has 0 atom stereocenters. The Kier molecular flexibility index (Phi) is 180. The minimum absolute atomic E-state index is 0. The Bertz CT molecular complexity index is 74.1. The van der Waals surface area contributed by atoms with Crippen LogP contribution in [0.4, 0.5) is 0 Å². The van der Waals surface area contributed by atoms with E-state index in [1.807, 2.05) is 0 Å². The summed E-state index contributed by atoms with van der Waals surface area (Å²) in [6.07, 6.45) is 0. The first-order valence-electron chi connectivity index (χ1n) is 1.82. The third kappa shape index (κ3) is 2830. The molecule has 0 aliphatic carbocycles. The molecule has 80 valence electrons. The number of carbonyl (C=O) groups is 2. The van der Waals surface area contributed by atoms with Crippen molar-refractivity contribution in [1.29, 1.82) is 0 Å². The van der Waals surface area contributed by atoms with Gasteiger partial charge in [0.2, 0.25) is 0 Å². The molecule has 0 saturated carbocycles. The SMILES string of the molecule is CC(=O)[O-].CC(=O)[O-].O.O.O.O.[Zn+2]. The maximum Gasteiger partial charge on any atom is 2.00 e. The van der Waals surface area contributed by atoms with Crippen LogP contribution in [0.25, 0.3) is 0 Å². The quantitative estimate of drug-likeness (QED) is 0.387. The number of carboxylic acids is 2. The predicted octanol–water partition coefficient (Wildman–Crippen LogP) is -5.79. The van der Waals surface area contributed by atoms with E-state index in [2.05, 4.69) is 0 Å². The predicted molar refractivity (Wildman–Crippen MR) is 35.8 cm³/mol. The number of aliphatic carboxylic acids is 2. The van der Waals surface area contributed by atoms with Crippen LogP contribution < -0.4 is 10.2 Å². The van der Waals surface area contributed by atoms with Gasteiger partial charge in [-0.25, -0.2) is 0 Å². The molecule has 8 nitrogen and oxygen atoms in total. The molecule has 0 heterocycles. The Hall–Kier alpha value is -0.597. The van der Waals surface area contributed by atoms with Gasteiger partial charge in [0.05, 0.1) is 0 Å². The van der Waals surface area contributed by atoms with Gasteiger partial charge < -0.3 is 41.7 Å². The molecular formula is C4H14O8Zn. The molecule has 9 heteroatoms. The summed E-state index contributed by atoms with van der Waals surface area (Å²) in [5, 5.41) is 17.8. The Morgan fingerprint density at radius 3 is 0.769 bits per heavy atom. The maximum absolute atomic E-state index is 8.89. The molecule has 0 fully saturated rings. The van der Waals surface area contributed by atoms with Crippen LogP contribution in [0.1, 0.15) is 13.8 Å². The summed E-state index contributed by atoms with van der Waals surface area (Å²) >= 11 is 0. The summed E-state index contributed by atoms with van der Waals surface area (Å²) in [7, 11) is 0. The average molecular weight is 256 g/mol. The monoisotopic (exact) mass is 254 g/mol. The van der Waals surface area contributed by atoms with Gasteiger partial charge in [-0.15, -0.1) is 0 Å². The average Bonchev–Trinajstić information content (AvgIpc) is 1.25. The molecular weight excluding hydrogens is 241 g/mol. The minimum atomic E-state index is -1.08. The van der Waals surface area contributed by atoms with Crippen molar-refractivity contribution < 1.29 is 61.2 Å². The summed E-state index contributed by atoms with van der Waals surface area (Å²) in [6.45, 7) is 1.94. The molecule has 0 saturated heterocycles. The van der Waals surface area contributed by atoms with E-state index >= 15 is 0 Å². The van der Waals surface area contributed by atoms with Crippen LogP contribution in [0.3, 0.4) is 0 Å². The van der Waals surface area contributed by atoms with Crippen LogP contribution in [0.15, 0.2) is 0 Å². The van der Waals surface area contributed by atoms with Gasteiger partial charge in [0.1, 0.15) is 0 Å². The second-order valence-corrected chi connectivity index (χ2v) is 0.983. The Morgan fingerprint density at radius 1 is 0.769 bits per heavy atom. The second-order valence-electron chi connectivity index (χ2n) is 0.983. The van der Waals surface area contributed by atoms with Crippen molar-refractivity contribution in [2.24, 2.45) is 0 Å². The van der Waals surface area contributed by atoms with E-state index in [1.54, 1.807) is 0 Å². The van der Waals surface area contributed by atoms with E-state index in [-0.39, 0.29) is 41.4 Å². The summed E-state index contributed by atoms with van der Waals surface area (Å²) in [6, 6.07) is 0. The van der Waals surface area contributed by atoms with Crippen LogP contribution in [-0.2, 0) is 29.1 Å². The van der Waals surface area contributed by atoms with Crippen LogP contribution in [0.5, 0.6) is 0 Å². The van der Waals surface area contributed by atoms with E-state index in [9.17, 15) is 0 Å². The first-order valence-corrected chi connectivity index (χ1v) is 1.82. The van der Waals surface area contributed by atoms with Gasteiger partial charge in [0.15, 0.2) is 0 Å². The van der Waals surface area contributed by atoms with Crippen molar-refractivity contribution >= 4 is 11.9 Å². The molecule has 0 radical (unpaired) electrons. The molecule has 0 aromatic carbocycles. The van der Waals surface area contributed by atoms with Crippen LogP contribution in [0, 0.1) is 0 Å². The Balaban J connectivity index is -0.00000000800. The zero-order chi connectivity index (χ0) is 7.15. The first-order chi connectivity index (χ1) is 3.46. The van der Waals surface area contributed by atoms with Crippen molar-refractivity contribution in [3.8, 4) is 0 Å². The van der Waals surface area contributed by atoms with Gasteiger partial charge in [-0.1, -0.05) is 0 Å². The standard InChI is InChI=1S/2C2H4O2.4H2O.Zn/c2*1-2(3)4;;;;;/h2*1H3,(H,3,4);4*1H2;/q;;;;;;+2/p-2. The molecule has 0 unspecified atom stereocenters. The van der Waals surface area contributed by atoms with Crippen molar-refractivity contribution in [3.05, 3.63) is 0 Å². The smallest absolute Gasteiger partial charge is 0.550 e. The fourth-order valence-electron chi connectivity index (χ4n) is 0. The first kappa shape index (κ1) is 55.2. The van der Waals surface area contributed by atoms with Gasteiger partial charge >= 0.3 is 19.5 Å². The number of hydrogen-bond acceptors (Lipinski definition) is 4. The van der Waals surface area contributed by atoms with Crippen molar-refractivity contribution in [1.82, 2.24) is 0 Å². The summed E-state index contributed by atoms with van der Waals surface area (Å²) in [4.78, 5) is 17.8. The Labute approximate surface area is 87.6 Å². The molecule has 0 rings (SSSR count). The van der Waals surface area contributed by atoms with Gasteiger partial charge in [-0.2, -0.15) is 0 Å². The van der Waals surface area contributed by atoms with E-state index < -0.39 is 11.9 Å². The van der Waals surface area contributed by atoms with E-state index in [0.29, 0.717) is 0 Å². The zero-order valence-electron chi connectivity index (χ0n) is 7.34. The molecule has 0 aromatic rings. The topological polar surface area (TPSA) is 206 Å². The number of rotatable bonds is 0. The van der Waals surface area contributed by atoms with Crippen LogP contribution >= 0.6 is 0 Å². The molecule has 0 aromatic heterocycles. The molecule has 0 aliphatic heterocycles. The van der Waals surface area contributed by atoms with Crippen molar-refractivity contribution in [2.75, 3.05) is 0 Å². The summed E-state index contributed by atoms with van der Waals surface area (Å²) in [5.74, 6) is -2.17. The normalized spacial score (nSPS) is 3.85. The van der Waals surface area contributed by atoms with Crippen molar-refractivity contribution in [2.45, 2.75) is 13.8 Å². The number of hydrogen-bond donors (Lipinski definition) is 0. The molecule has 8 N–H and O–H groups in total. The summed E-state index contributed by atoms with van der Waals surface area (Å²) < 4.78 is 0. The second kappa shape index (κ2) is 42.3. The van der Waals surface area contributed by atoms with Crippen LogP contribution in [0.2, 0.25) is 0 Å². The third-order valence-electron chi connectivity index (χ3n) is 0. The maximum atomic E-state index is 8.89. The van der Waals surface area contributed by atoms with Gasteiger partial charge in [0.25, 0.3) is 0 Å². The van der Waals surface area contributed by atoms with Crippen molar-refractivity contribution in [3.63, 3.8) is 0 Å². The molecule has 0 bridgehead atoms. The fourth-order valence-corrected chi connectivity index (χ4v) is 0. The molecule has 0 aliphatic rings. The fraction of sp³-hybridized carbons (Fsp3) is 0.500. The molecule has 0 spiro atoms. The minimum Gasteiger partial charge on any atom is -0.550 e. The number of carboxylic acid groups (broad SMARTS) is 2. The molecule has 0 amide bonds. The van der Waals surface area contributed by atoms with E-state index in [0.717, 1.165) is 13.8 Å². The van der Waals surface area contributed by atoms with E-state index in [1.165, 1.54) is 0 Å². The molecule has 13 heavy (non-hydrogen) atoms. The number of carbonyl (C=O) groups excluding carboxylic acids is 2. The zero-order valence-corrected chi connectivity index (χ0v) is 10.3. The van der Waals surface area contributed by atoms with Crippen LogP contribution in [-0.4, -0.2) is 33.8 Å². The van der Waals surface area contributed by atoms with Gasteiger partial charge in [0, 0.05) is 11.9 Å². The van der Waals surface area contributed by atoms with E-state index in [4.69, 9.17) is 19.8 Å².